The molecule has 0 saturated carbocycles. The lowest BCUT2D eigenvalue weighted by atomic mass is 10.1. The van der Waals surface area contributed by atoms with Crippen LogP contribution in [0.2, 0.25) is 5.02 Å². The molecule has 0 aliphatic carbocycles. The summed E-state index contributed by atoms with van der Waals surface area (Å²) in [7, 11) is -2.61. The van der Waals surface area contributed by atoms with Crippen LogP contribution in [0.15, 0.2) is 53.4 Å². The molecule has 0 bridgehead atoms. The lowest BCUT2D eigenvalue weighted by Crippen LogP contribution is -2.10. The van der Waals surface area contributed by atoms with E-state index in [1.165, 1.54) is 43.5 Å². The van der Waals surface area contributed by atoms with Crippen molar-refractivity contribution in [3.8, 4) is 11.5 Å². The number of carbonyl (C=O) groups is 1. The fraction of sp³-hybridized carbons (Fsp3) is 0.167. The maximum Gasteiger partial charge on any atom is 0.339 e. The minimum absolute atomic E-state index is 0.00962. The molecule has 0 aliphatic heterocycles. The van der Waals surface area contributed by atoms with Crippen LogP contribution < -0.4 is 8.92 Å². The highest BCUT2D eigenvalue weighted by Crippen LogP contribution is 2.31. The molecule has 0 heterocycles. The van der Waals surface area contributed by atoms with Crippen LogP contribution in [0.5, 0.6) is 11.5 Å². The Morgan fingerprint density at radius 2 is 1.80 bits per heavy atom. The maximum absolute atomic E-state index is 12.3. The van der Waals surface area contributed by atoms with Crippen molar-refractivity contribution in [3.63, 3.8) is 0 Å². The van der Waals surface area contributed by atoms with Crippen LogP contribution in [0, 0.1) is 0 Å². The second-order valence-corrected chi connectivity index (χ2v) is 7.04. The summed E-state index contributed by atoms with van der Waals surface area (Å²) in [5, 5.41) is 0.425. The zero-order valence-corrected chi connectivity index (χ0v) is 15.3. The molecule has 132 valence electrons. The van der Waals surface area contributed by atoms with Gasteiger partial charge in [-0.2, -0.15) is 8.42 Å². The highest BCUT2D eigenvalue weighted by molar-refractivity contribution is 7.87. The SMILES string of the molecule is CCC(=O)/C=C/c1ccc(OS(=O)(=O)c2ccc(Cl)cc2)c(OC)c1. The van der Waals surface area contributed by atoms with Gasteiger partial charge in [-0.3, -0.25) is 4.79 Å². The van der Waals surface area contributed by atoms with Gasteiger partial charge in [-0.25, -0.2) is 0 Å². The first-order valence-electron chi connectivity index (χ1n) is 7.44. The molecule has 0 saturated heterocycles. The van der Waals surface area contributed by atoms with E-state index >= 15 is 0 Å². The third-order valence-corrected chi connectivity index (χ3v) is 4.80. The summed E-state index contributed by atoms with van der Waals surface area (Å²) < 4.78 is 35.0. The Balaban J connectivity index is 2.28. The Kier molecular flexibility index (Phi) is 6.22. The van der Waals surface area contributed by atoms with Crippen molar-refractivity contribution in [2.45, 2.75) is 18.2 Å². The summed E-state index contributed by atoms with van der Waals surface area (Å²) in [6.07, 6.45) is 3.50. The molecule has 0 N–H and O–H groups in total. The highest BCUT2D eigenvalue weighted by atomic mass is 35.5. The number of ether oxygens (including phenoxy) is 1. The van der Waals surface area contributed by atoms with E-state index in [4.69, 9.17) is 20.5 Å². The van der Waals surface area contributed by atoms with E-state index in [9.17, 15) is 13.2 Å². The molecule has 0 aromatic heterocycles. The van der Waals surface area contributed by atoms with Gasteiger partial charge in [0.05, 0.1) is 7.11 Å². The molecule has 0 atom stereocenters. The highest BCUT2D eigenvalue weighted by Gasteiger charge is 2.19. The van der Waals surface area contributed by atoms with Crippen molar-refractivity contribution in [2.75, 3.05) is 7.11 Å². The Morgan fingerprint density at radius 3 is 2.40 bits per heavy atom. The molecule has 2 aromatic rings. The van der Waals surface area contributed by atoms with Gasteiger partial charge in [-0.1, -0.05) is 30.7 Å². The summed E-state index contributed by atoms with van der Waals surface area (Å²) in [5.41, 5.74) is 0.690. The minimum Gasteiger partial charge on any atom is -0.493 e. The van der Waals surface area contributed by atoms with E-state index in [1.54, 1.807) is 25.1 Å². The summed E-state index contributed by atoms with van der Waals surface area (Å²) in [6, 6.07) is 10.3. The van der Waals surface area contributed by atoms with Crippen molar-refractivity contribution in [1.29, 1.82) is 0 Å². The van der Waals surface area contributed by atoms with E-state index in [2.05, 4.69) is 0 Å². The Hall–Kier alpha value is -2.31. The van der Waals surface area contributed by atoms with Crippen LogP contribution in [-0.2, 0) is 14.9 Å². The van der Waals surface area contributed by atoms with E-state index in [0.717, 1.165) is 0 Å². The molecule has 0 aliphatic rings. The molecule has 0 unspecified atom stereocenters. The van der Waals surface area contributed by atoms with Gasteiger partial charge in [-0.15, -0.1) is 0 Å². The van der Waals surface area contributed by atoms with Gasteiger partial charge >= 0.3 is 10.1 Å². The molecule has 0 radical (unpaired) electrons. The molecule has 5 nitrogen and oxygen atoms in total. The third kappa shape index (κ3) is 5.08. The molecular formula is C18H17ClO5S. The lowest BCUT2D eigenvalue weighted by Gasteiger charge is -2.11. The average Bonchev–Trinajstić information content (AvgIpc) is 2.60. The van der Waals surface area contributed by atoms with Crippen molar-refractivity contribution >= 4 is 33.6 Å². The van der Waals surface area contributed by atoms with Crippen LogP contribution in [0.1, 0.15) is 18.9 Å². The molecule has 2 aromatic carbocycles. The summed E-state index contributed by atoms with van der Waals surface area (Å²) in [4.78, 5) is 11.3. The van der Waals surface area contributed by atoms with Crippen LogP contribution in [0.3, 0.4) is 0 Å². The molecule has 0 amide bonds. The normalized spacial score (nSPS) is 11.5. The quantitative estimate of drug-likeness (QED) is 0.534. The van der Waals surface area contributed by atoms with Gasteiger partial charge in [0.25, 0.3) is 0 Å². The number of halogens is 1. The van der Waals surface area contributed by atoms with E-state index in [1.807, 2.05) is 0 Å². The Labute approximate surface area is 152 Å². The number of allylic oxidation sites excluding steroid dienone is 1. The van der Waals surface area contributed by atoms with Gasteiger partial charge < -0.3 is 8.92 Å². The number of hydrogen-bond acceptors (Lipinski definition) is 5. The van der Waals surface area contributed by atoms with E-state index in [0.29, 0.717) is 17.0 Å². The number of carbonyl (C=O) groups excluding carboxylic acids is 1. The number of benzene rings is 2. The Bertz CT molecular complexity index is 886. The standard InChI is InChI=1S/C18H17ClO5S/c1-3-15(20)8-4-13-5-11-17(18(12-13)23-2)24-25(21,22)16-9-6-14(19)7-10-16/h4-12H,3H2,1-2H3/b8-4+. The summed E-state index contributed by atoms with van der Waals surface area (Å²) in [5.74, 6) is 0.282. The van der Waals surface area contributed by atoms with Gasteiger partial charge in [0.15, 0.2) is 17.3 Å². The number of hydrogen-bond donors (Lipinski definition) is 0. The van der Waals surface area contributed by atoms with Crippen molar-refractivity contribution in [3.05, 3.63) is 59.1 Å². The third-order valence-electron chi connectivity index (χ3n) is 3.30. The van der Waals surface area contributed by atoms with Crippen molar-refractivity contribution in [2.24, 2.45) is 0 Å². The van der Waals surface area contributed by atoms with E-state index in [-0.39, 0.29) is 22.2 Å². The number of rotatable bonds is 7. The second-order valence-electron chi connectivity index (χ2n) is 5.05. The number of ketones is 1. The van der Waals surface area contributed by atoms with Gasteiger partial charge in [0.2, 0.25) is 0 Å². The lowest BCUT2D eigenvalue weighted by molar-refractivity contribution is -0.114. The van der Waals surface area contributed by atoms with Crippen LogP contribution >= 0.6 is 11.6 Å². The first kappa shape index (κ1) is 19.0. The molecule has 25 heavy (non-hydrogen) atoms. The Morgan fingerprint density at radius 1 is 1.12 bits per heavy atom. The predicted octanol–water partition coefficient (Wildman–Crippen LogP) is 4.11. The van der Waals surface area contributed by atoms with Crippen molar-refractivity contribution in [1.82, 2.24) is 0 Å². The van der Waals surface area contributed by atoms with Crippen LogP contribution in [0.4, 0.5) is 0 Å². The second kappa shape index (κ2) is 8.18. The molecule has 7 heteroatoms. The predicted molar refractivity (Wildman–Crippen MR) is 96.6 cm³/mol. The molecule has 2 rings (SSSR count). The minimum atomic E-state index is -4.02. The zero-order valence-electron chi connectivity index (χ0n) is 13.7. The van der Waals surface area contributed by atoms with Crippen LogP contribution in [-0.4, -0.2) is 21.3 Å². The van der Waals surface area contributed by atoms with Gasteiger partial charge in [0.1, 0.15) is 4.90 Å². The summed E-state index contributed by atoms with van der Waals surface area (Å²) in [6.45, 7) is 1.77. The van der Waals surface area contributed by atoms with Gasteiger partial charge in [0, 0.05) is 11.4 Å². The first-order chi connectivity index (χ1) is 11.9. The molecule has 0 fully saturated rings. The topological polar surface area (TPSA) is 69.7 Å². The molecule has 0 spiro atoms. The fourth-order valence-electron chi connectivity index (χ4n) is 1.93. The van der Waals surface area contributed by atoms with Crippen molar-refractivity contribution < 1.29 is 22.1 Å². The van der Waals surface area contributed by atoms with Crippen LogP contribution in [0.25, 0.3) is 6.08 Å². The monoisotopic (exact) mass is 380 g/mol. The van der Waals surface area contributed by atoms with Gasteiger partial charge in [-0.05, 0) is 48.0 Å². The molecular weight excluding hydrogens is 364 g/mol. The average molecular weight is 381 g/mol. The first-order valence-corrected chi connectivity index (χ1v) is 9.23. The number of methoxy groups -OCH3 is 1. The zero-order chi connectivity index (χ0) is 18.4. The van der Waals surface area contributed by atoms with E-state index < -0.39 is 10.1 Å². The fourth-order valence-corrected chi connectivity index (χ4v) is 3.00. The smallest absolute Gasteiger partial charge is 0.339 e. The largest absolute Gasteiger partial charge is 0.493 e. The maximum atomic E-state index is 12.3. The summed E-state index contributed by atoms with van der Waals surface area (Å²) >= 11 is 5.76.